The molecule has 0 aliphatic carbocycles. The fourth-order valence-corrected chi connectivity index (χ4v) is 3.33. The number of hydrogen-bond acceptors (Lipinski definition) is 8. The Morgan fingerprint density at radius 3 is 1.56 bits per heavy atom. The lowest BCUT2D eigenvalue weighted by Crippen LogP contribution is -2.37. The van der Waals surface area contributed by atoms with Crippen molar-refractivity contribution >= 4 is 0 Å². The Morgan fingerprint density at radius 1 is 0.680 bits per heavy atom. The second-order valence-corrected chi connectivity index (χ2v) is 6.26. The molecule has 8 nitrogen and oxygen atoms in total. The van der Waals surface area contributed by atoms with E-state index < -0.39 is 6.10 Å². The van der Waals surface area contributed by atoms with E-state index in [2.05, 4.69) is 0 Å². The highest BCUT2D eigenvalue weighted by Gasteiger charge is 2.43. The molecule has 0 spiro atoms. The first-order valence-corrected chi connectivity index (χ1v) is 8.50. The molecule has 0 amide bonds. The second kappa shape index (κ2) is 11.4. The van der Waals surface area contributed by atoms with E-state index in [1.54, 1.807) is 35.5 Å². The zero-order valence-corrected chi connectivity index (χ0v) is 16.3. The Kier molecular flexibility index (Phi) is 10.4. The third-order valence-corrected chi connectivity index (χ3v) is 4.59. The van der Waals surface area contributed by atoms with E-state index in [4.69, 9.17) is 33.2 Å². The number of aliphatic hydroxyl groups is 1. The summed E-state index contributed by atoms with van der Waals surface area (Å²) >= 11 is 0. The average molecular weight is 366 g/mol. The van der Waals surface area contributed by atoms with Crippen molar-refractivity contribution in [1.82, 2.24) is 0 Å². The zero-order valence-electron chi connectivity index (χ0n) is 16.3. The Hall–Kier alpha value is -0.320. The van der Waals surface area contributed by atoms with Crippen molar-refractivity contribution in [2.45, 2.75) is 62.7 Å². The minimum atomic E-state index is -0.546. The lowest BCUT2D eigenvalue weighted by molar-refractivity contribution is -0.0471. The van der Waals surface area contributed by atoms with E-state index in [0.717, 1.165) is 0 Å². The minimum absolute atomic E-state index is 0.00477. The van der Waals surface area contributed by atoms with Gasteiger partial charge in [0.25, 0.3) is 0 Å². The van der Waals surface area contributed by atoms with Gasteiger partial charge in [-0.05, 0) is 13.8 Å². The van der Waals surface area contributed by atoms with Gasteiger partial charge in [0.1, 0.15) is 36.6 Å². The van der Waals surface area contributed by atoms with Crippen molar-refractivity contribution in [3.63, 3.8) is 0 Å². The van der Waals surface area contributed by atoms with Gasteiger partial charge in [-0.3, -0.25) is 0 Å². The molecule has 25 heavy (non-hydrogen) atoms. The Morgan fingerprint density at radius 2 is 1.12 bits per heavy atom. The van der Waals surface area contributed by atoms with Gasteiger partial charge in [-0.25, -0.2) is 0 Å². The molecule has 0 aromatic rings. The van der Waals surface area contributed by atoms with Crippen LogP contribution in [0.25, 0.3) is 0 Å². The van der Waals surface area contributed by atoms with Crippen LogP contribution in [0.1, 0.15) is 13.8 Å². The SMILES string of the molecule is COC[C@H]1O[C@@H](C)[C@@H](O)C1OC.COC[C@H]1O[C@@H](C)[C@@H](OC)C1OC. The third-order valence-electron chi connectivity index (χ3n) is 4.59. The van der Waals surface area contributed by atoms with Gasteiger partial charge in [0.05, 0.1) is 25.4 Å². The summed E-state index contributed by atoms with van der Waals surface area (Å²) in [5.41, 5.74) is 0. The Balaban J connectivity index is 0.000000251. The molecule has 2 fully saturated rings. The number of aliphatic hydroxyl groups excluding tert-OH is 1. The van der Waals surface area contributed by atoms with E-state index in [9.17, 15) is 5.11 Å². The van der Waals surface area contributed by atoms with Crippen molar-refractivity contribution in [2.24, 2.45) is 0 Å². The van der Waals surface area contributed by atoms with Crippen LogP contribution in [0.2, 0.25) is 0 Å². The van der Waals surface area contributed by atoms with Crippen LogP contribution in [0, 0.1) is 0 Å². The van der Waals surface area contributed by atoms with Crippen LogP contribution in [-0.2, 0) is 33.2 Å². The summed E-state index contributed by atoms with van der Waals surface area (Å²) in [4.78, 5) is 0. The second-order valence-electron chi connectivity index (χ2n) is 6.26. The van der Waals surface area contributed by atoms with Crippen molar-refractivity contribution in [3.8, 4) is 0 Å². The van der Waals surface area contributed by atoms with Crippen LogP contribution in [0.5, 0.6) is 0 Å². The molecule has 0 aromatic heterocycles. The molecule has 0 radical (unpaired) electrons. The molecule has 2 saturated heterocycles. The number of rotatable bonds is 7. The summed E-state index contributed by atoms with van der Waals surface area (Å²) in [5.74, 6) is 0. The third kappa shape index (κ3) is 5.83. The molecular formula is C17H34O8. The van der Waals surface area contributed by atoms with Crippen LogP contribution in [0.3, 0.4) is 0 Å². The molecule has 1 N–H and O–H groups in total. The van der Waals surface area contributed by atoms with E-state index in [1.165, 1.54) is 0 Å². The molecule has 2 rings (SSSR count). The first kappa shape index (κ1) is 22.7. The standard InChI is InChI=1S/C9H18O4.C8H16O4/c1-6-8(11-3)9(12-4)7(13-6)5-10-2;1-5-7(9)8(11-3)6(12-5)4-10-2/h6-9H,5H2,1-4H3;5-9H,4H2,1-3H3/t6-,7+,8+,9?;5-,6+,7+,8?/m00/s1. The van der Waals surface area contributed by atoms with E-state index in [1.807, 2.05) is 13.8 Å². The maximum Gasteiger partial charge on any atom is 0.114 e. The maximum atomic E-state index is 9.55. The molecule has 0 saturated carbocycles. The minimum Gasteiger partial charge on any atom is -0.388 e. The fraction of sp³-hybridized carbons (Fsp3) is 1.00. The molecule has 8 heteroatoms. The highest BCUT2D eigenvalue weighted by atomic mass is 16.6. The number of methoxy groups -OCH3 is 5. The first-order chi connectivity index (χ1) is 11.9. The van der Waals surface area contributed by atoms with Crippen molar-refractivity contribution in [2.75, 3.05) is 48.8 Å². The van der Waals surface area contributed by atoms with Crippen LogP contribution in [0.15, 0.2) is 0 Å². The molecule has 2 aliphatic rings. The summed E-state index contributed by atoms with van der Waals surface area (Å²) in [6.45, 7) is 4.81. The predicted octanol–water partition coefficient (Wildman–Crippen LogP) is 0.246. The van der Waals surface area contributed by atoms with Gasteiger partial charge in [-0.15, -0.1) is 0 Å². The monoisotopic (exact) mass is 366 g/mol. The Labute approximate surface area is 150 Å². The van der Waals surface area contributed by atoms with Crippen LogP contribution in [0.4, 0.5) is 0 Å². The van der Waals surface area contributed by atoms with E-state index in [-0.39, 0.29) is 42.7 Å². The van der Waals surface area contributed by atoms with Gasteiger partial charge in [0.2, 0.25) is 0 Å². The average Bonchev–Trinajstić information content (AvgIpc) is 3.04. The van der Waals surface area contributed by atoms with Crippen LogP contribution < -0.4 is 0 Å². The summed E-state index contributed by atoms with van der Waals surface area (Å²) in [7, 11) is 8.16. The smallest absolute Gasteiger partial charge is 0.114 e. The van der Waals surface area contributed by atoms with Gasteiger partial charge >= 0.3 is 0 Å². The van der Waals surface area contributed by atoms with Gasteiger partial charge in [0.15, 0.2) is 0 Å². The van der Waals surface area contributed by atoms with Gasteiger partial charge in [-0.1, -0.05) is 0 Å². The quantitative estimate of drug-likeness (QED) is 0.686. The van der Waals surface area contributed by atoms with Crippen molar-refractivity contribution in [1.29, 1.82) is 0 Å². The molecule has 2 heterocycles. The highest BCUT2D eigenvalue weighted by Crippen LogP contribution is 2.25. The number of hydrogen-bond donors (Lipinski definition) is 1. The number of ether oxygens (including phenoxy) is 7. The summed E-state index contributed by atoms with van der Waals surface area (Å²) in [6.07, 6.45) is -1.11. The highest BCUT2D eigenvalue weighted by molar-refractivity contribution is 4.90. The molecule has 2 unspecified atom stereocenters. The summed E-state index contributed by atoms with van der Waals surface area (Å²) in [5, 5.41) is 9.55. The summed E-state index contributed by atoms with van der Waals surface area (Å²) < 4.78 is 36.8. The normalized spacial score (nSPS) is 40.8. The van der Waals surface area contributed by atoms with Gasteiger partial charge in [0, 0.05) is 35.5 Å². The molecule has 0 bridgehead atoms. The summed E-state index contributed by atoms with van der Waals surface area (Å²) in [6, 6.07) is 0. The lowest BCUT2D eigenvalue weighted by atomic mass is 10.1. The van der Waals surface area contributed by atoms with E-state index in [0.29, 0.717) is 13.2 Å². The fourth-order valence-electron chi connectivity index (χ4n) is 3.33. The maximum absolute atomic E-state index is 9.55. The van der Waals surface area contributed by atoms with Gasteiger partial charge in [-0.2, -0.15) is 0 Å². The largest absolute Gasteiger partial charge is 0.388 e. The van der Waals surface area contributed by atoms with E-state index >= 15 is 0 Å². The topological polar surface area (TPSA) is 84.8 Å². The molecule has 0 aromatic carbocycles. The first-order valence-electron chi connectivity index (χ1n) is 8.50. The molecule has 150 valence electrons. The zero-order chi connectivity index (χ0) is 19.0. The van der Waals surface area contributed by atoms with Crippen molar-refractivity contribution < 1.29 is 38.3 Å². The predicted molar refractivity (Wildman–Crippen MR) is 90.8 cm³/mol. The lowest BCUT2D eigenvalue weighted by Gasteiger charge is -2.20. The molecular weight excluding hydrogens is 332 g/mol. The Bertz CT molecular complexity index is 356. The molecule has 8 atom stereocenters. The van der Waals surface area contributed by atoms with Crippen LogP contribution >= 0.6 is 0 Å². The molecule has 2 aliphatic heterocycles. The van der Waals surface area contributed by atoms with Crippen molar-refractivity contribution in [3.05, 3.63) is 0 Å². The van der Waals surface area contributed by atoms with Crippen LogP contribution in [-0.4, -0.2) is 103 Å². The van der Waals surface area contributed by atoms with Gasteiger partial charge < -0.3 is 38.3 Å².